The van der Waals surface area contributed by atoms with Crippen LogP contribution in [0.5, 0.6) is 0 Å². The minimum Gasteiger partial charge on any atom is -0.453 e. The predicted molar refractivity (Wildman–Crippen MR) is 106 cm³/mol. The molecule has 0 saturated carbocycles. The number of rotatable bonds is 6. The fourth-order valence-corrected chi connectivity index (χ4v) is 2.69. The number of hydrogen-bond donors (Lipinski definition) is 2. The van der Waals surface area contributed by atoms with Crippen molar-refractivity contribution in [1.29, 1.82) is 5.26 Å². The third kappa shape index (κ3) is 5.05. The first-order valence-electron chi connectivity index (χ1n) is 8.94. The molecule has 0 bridgehead atoms. The number of hydrogen-bond acceptors (Lipinski definition) is 6. The van der Waals surface area contributed by atoms with E-state index in [2.05, 4.69) is 15.3 Å². The predicted octanol–water partition coefficient (Wildman–Crippen LogP) is 2.30. The number of fused-ring (bicyclic) bond motifs is 1. The van der Waals surface area contributed by atoms with E-state index in [9.17, 15) is 14.4 Å². The average Bonchev–Trinajstić information content (AvgIpc) is 2.72. The number of amides is 1. The van der Waals surface area contributed by atoms with E-state index in [0.29, 0.717) is 28.0 Å². The molecule has 0 aliphatic heterocycles. The first kappa shape index (κ1) is 19.8. The molecule has 1 aromatic heterocycles. The second-order valence-corrected chi connectivity index (χ2v) is 6.34. The molecule has 3 aromatic rings. The third-order valence-electron chi connectivity index (χ3n) is 4.16. The fourth-order valence-electron chi connectivity index (χ4n) is 2.69. The summed E-state index contributed by atoms with van der Waals surface area (Å²) in [6.07, 6.45) is -0.878. The van der Waals surface area contributed by atoms with Crippen LogP contribution in [0.25, 0.3) is 10.9 Å². The van der Waals surface area contributed by atoms with Gasteiger partial charge in [-0.2, -0.15) is 5.26 Å². The van der Waals surface area contributed by atoms with Gasteiger partial charge in [0.2, 0.25) is 0 Å². The van der Waals surface area contributed by atoms with Crippen molar-refractivity contribution in [3.05, 3.63) is 70.3 Å². The molecule has 1 heterocycles. The van der Waals surface area contributed by atoms with Crippen LogP contribution in [0.2, 0.25) is 0 Å². The molecule has 0 saturated heterocycles. The lowest BCUT2D eigenvalue weighted by atomic mass is 10.2. The molecule has 146 valence electrons. The molecule has 0 aliphatic carbocycles. The van der Waals surface area contributed by atoms with E-state index in [1.165, 1.54) is 13.0 Å². The number of anilines is 1. The zero-order valence-electron chi connectivity index (χ0n) is 15.6. The molecular formula is C21H18N4O4. The van der Waals surface area contributed by atoms with Crippen molar-refractivity contribution in [1.82, 2.24) is 9.97 Å². The number of carbonyl (C=O) groups excluding carboxylic acids is 2. The van der Waals surface area contributed by atoms with Crippen molar-refractivity contribution in [3.63, 3.8) is 0 Å². The Labute approximate surface area is 166 Å². The van der Waals surface area contributed by atoms with E-state index in [1.54, 1.807) is 42.5 Å². The molecule has 0 radical (unpaired) electrons. The maximum absolute atomic E-state index is 12.2. The lowest BCUT2D eigenvalue weighted by Gasteiger charge is -2.13. The van der Waals surface area contributed by atoms with Gasteiger partial charge in [-0.3, -0.25) is 14.4 Å². The Morgan fingerprint density at radius 1 is 1.24 bits per heavy atom. The van der Waals surface area contributed by atoms with Gasteiger partial charge in [0.15, 0.2) is 6.10 Å². The monoisotopic (exact) mass is 390 g/mol. The van der Waals surface area contributed by atoms with Crippen LogP contribution in [0, 0.1) is 11.3 Å². The largest absolute Gasteiger partial charge is 0.453 e. The van der Waals surface area contributed by atoms with E-state index in [4.69, 9.17) is 10.00 Å². The number of esters is 1. The first-order valence-corrected chi connectivity index (χ1v) is 8.94. The quantitative estimate of drug-likeness (QED) is 0.622. The number of nitrogens with one attached hydrogen (secondary N) is 2. The topological polar surface area (TPSA) is 125 Å². The lowest BCUT2D eigenvalue weighted by molar-refractivity contribution is -0.153. The summed E-state index contributed by atoms with van der Waals surface area (Å²) in [6, 6.07) is 15.3. The summed E-state index contributed by atoms with van der Waals surface area (Å²) >= 11 is 0. The van der Waals surface area contributed by atoms with Crippen molar-refractivity contribution in [3.8, 4) is 6.07 Å². The summed E-state index contributed by atoms with van der Waals surface area (Å²) in [5, 5.41) is 12.0. The minimum atomic E-state index is -1.02. The van der Waals surface area contributed by atoms with Gasteiger partial charge in [0.25, 0.3) is 11.5 Å². The molecule has 2 aromatic carbocycles. The van der Waals surface area contributed by atoms with Crippen LogP contribution in [0.15, 0.2) is 53.3 Å². The Morgan fingerprint density at radius 2 is 2.03 bits per heavy atom. The summed E-state index contributed by atoms with van der Waals surface area (Å²) in [5.74, 6) is -0.726. The van der Waals surface area contributed by atoms with Crippen molar-refractivity contribution < 1.29 is 14.3 Å². The van der Waals surface area contributed by atoms with E-state index >= 15 is 0 Å². The summed E-state index contributed by atoms with van der Waals surface area (Å²) in [5.41, 5.74) is 1.12. The van der Waals surface area contributed by atoms with Gasteiger partial charge in [-0.15, -0.1) is 0 Å². The van der Waals surface area contributed by atoms with Crippen molar-refractivity contribution in [2.45, 2.75) is 25.9 Å². The number of nitrogens with zero attached hydrogens (tertiary/aromatic N) is 2. The molecule has 8 nitrogen and oxygen atoms in total. The van der Waals surface area contributed by atoms with Crippen LogP contribution < -0.4 is 10.9 Å². The molecule has 1 atom stereocenters. The van der Waals surface area contributed by atoms with Crippen LogP contribution in [0.3, 0.4) is 0 Å². The molecule has 8 heteroatoms. The van der Waals surface area contributed by atoms with E-state index in [1.807, 2.05) is 6.07 Å². The maximum atomic E-state index is 12.2. The van der Waals surface area contributed by atoms with Gasteiger partial charge in [0.05, 0.1) is 29.0 Å². The second kappa shape index (κ2) is 8.80. The summed E-state index contributed by atoms with van der Waals surface area (Å²) < 4.78 is 5.14. The Balaban J connectivity index is 1.55. The number of para-hydroxylation sites is 1. The third-order valence-corrected chi connectivity index (χ3v) is 4.16. The summed E-state index contributed by atoms with van der Waals surface area (Å²) in [4.78, 5) is 43.3. The van der Waals surface area contributed by atoms with Gasteiger partial charge in [0, 0.05) is 12.1 Å². The Kier molecular flexibility index (Phi) is 6.00. The van der Waals surface area contributed by atoms with Crippen LogP contribution in [-0.2, 0) is 20.7 Å². The van der Waals surface area contributed by atoms with Gasteiger partial charge in [0.1, 0.15) is 5.82 Å². The Morgan fingerprint density at radius 3 is 2.83 bits per heavy atom. The van der Waals surface area contributed by atoms with Crippen molar-refractivity contribution in [2.24, 2.45) is 0 Å². The zero-order chi connectivity index (χ0) is 20.8. The molecule has 0 unspecified atom stereocenters. The van der Waals surface area contributed by atoms with E-state index in [-0.39, 0.29) is 18.4 Å². The van der Waals surface area contributed by atoms with Crippen molar-refractivity contribution >= 4 is 28.5 Å². The van der Waals surface area contributed by atoms with Gasteiger partial charge < -0.3 is 15.0 Å². The minimum absolute atomic E-state index is 0.0389. The molecule has 0 aliphatic rings. The van der Waals surface area contributed by atoms with E-state index in [0.717, 1.165) is 0 Å². The molecule has 0 spiro atoms. The van der Waals surface area contributed by atoms with Crippen LogP contribution in [-0.4, -0.2) is 27.9 Å². The normalized spacial score (nSPS) is 11.4. The molecule has 29 heavy (non-hydrogen) atoms. The number of aromatic nitrogens is 2. The lowest BCUT2D eigenvalue weighted by Crippen LogP contribution is -2.30. The summed E-state index contributed by atoms with van der Waals surface area (Å²) in [6.45, 7) is 1.46. The van der Waals surface area contributed by atoms with E-state index < -0.39 is 18.0 Å². The highest BCUT2D eigenvalue weighted by Gasteiger charge is 2.18. The maximum Gasteiger partial charge on any atom is 0.307 e. The Bertz CT molecular complexity index is 1160. The highest BCUT2D eigenvalue weighted by molar-refractivity contribution is 5.95. The number of carbonyl (C=O) groups is 2. The number of benzene rings is 2. The number of ether oxygens (including phenoxy) is 1. The first-order chi connectivity index (χ1) is 14.0. The van der Waals surface area contributed by atoms with Gasteiger partial charge in [-0.05, 0) is 37.3 Å². The van der Waals surface area contributed by atoms with Gasteiger partial charge in [-0.25, -0.2) is 4.98 Å². The SMILES string of the molecule is C[C@H](OC(=O)CCc1nc2ccccc2c(=O)[nH]1)C(=O)Nc1cccc(C#N)c1. The zero-order valence-corrected chi connectivity index (χ0v) is 15.6. The average molecular weight is 390 g/mol. The van der Waals surface area contributed by atoms with Crippen LogP contribution in [0.4, 0.5) is 5.69 Å². The standard InChI is InChI=1S/C21H18N4O4/c1-13(20(27)23-15-6-4-5-14(11-15)12-22)29-19(26)10-9-18-24-17-8-3-2-7-16(17)21(28)25-18/h2-8,11,13H,9-10H2,1H3,(H,23,27)(H,24,25,28)/t13-/m0/s1. The van der Waals surface area contributed by atoms with Crippen molar-refractivity contribution in [2.75, 3.05) is 5.32 Å². The van der Waals surface area contributed by atoms with Crippen LogP contribution >= 0.6 is 0 Å². The number of aromatic amines is 1. The Hall–Kier alpha value is -3.99. The van der Waals surface area contributed by atoms with Crippen LogP contribution in [0.1, 0.15) is 24.7 Å². The number of nitriles is 1. The molecule has 2 N–H and O–H groups in total. The molecule has 3 rings (SSSR count). The number of H-pyrrole nitrogens is 1. The smallest absolute Gasteiger partial charge is 0.307 e. The molecular weight excluding hydrogens is 372 g/mol. The highest BCUT2D eigenvalue weighted by Crippen LogP contribution is 2.11. The van der Waals surface area contributed by atoms with Gasteiger partial charge in [-0.1, -0.05) is 18.2 Å². The fraction of sp³-hybridized carbons (Fsp3) is 0.190. The molecule has 1 amide bonds. The molecule has 0 fully saturated rings. The second-order valence-electron chi connectivity index (χ2n) is 6.34. The van der Waals surface area contributed by atoms with Gasteiger partial charge >= 0.3 is 5.97 Å². The highest BCUT2D eigenvalue weighted by atomic mass is 16.5. The summed E-state index contributed by atoms with van der Waals surface area (Å²) in [7, 11) is 0. The number of aryl methyl sites for hydroxylation is 1.